The first-order valence-corrected chi connectivity index (χ1v) is 5.83. The molecule has 0 amide bonds. The molecule has 2 fully saturated rings. The van der Waals surface area contributed by atoms with E-state index in [1.165, 1.54) is 51.6 Å². The maximum atomic E-state index is 3.49. The summed E-state index contributed by atoms with van der Waals surface area (Å²) in [5.74, 6) is 0. The first kappa shape index (κ1) is 9.47. The average molecular weight is 182 g/mol. The van der Waals surface area contributed by atoms with Crippen LogP contribution in [0.2, 0.25) is 0 Å². The average Bonchev–Trinajstić information content (AvgIpc) is 2.70. The summed E-state index contributed by atoms with van der Waals surface area (Å²) in [6.45, 7) is 2.70. The van der Waals surface area contributed by atoms with Gasteiger partial charge in [-0.3, -0.25) is 4.90 Å². The lowest BCUT2D eigenvalue weighted by molar-refractivity contribution is 0.153. The fraction of sp³-hybridized carbons (Fsp3) is 1.00. The lowest BCUT2D eigenvalue weighted by atomic mass is 9.89. The number of rotatable bonds is 2. The molecular weight excluding hydrogens is 160 g/mol. The predicted molar refractivity (Wildman–Crippen MR) is 55.9 cm³/mol. The van der Waals surface area contributed by atoms with E-state index in [1.807, 2.05) is 0 Å². The summed E-state index contributed by atoms with van der Waals surface area (Å²) in [7, 11) is 2.12. The molecule has 2 nitrogen and oxygen atoms in total. The number of likely N-dealkylation sites (tertiary alicyclic amines) is 1. The second-order valence-electron chi connectivity index (χ2n) is 4.49. The van der Waals surface area contributed by atoms with E-state index in [9.17, 15) is 0 Å². The molecule has 0 aromatic carbocycles. The minimum absolute atomic E-state index is 0.770. The van der Waals surface area contributed by atoms with Crippen molar-refractivity contribution in [3.8, 4) is 0 Å². The van der Waals surface area contributed by atoms with Crippen LogP contribution in [0.3, 0.4) is 0 Å². The Morgan fingerprint density at radius 2 is 1.69 bits per heavy atom. The maximum absolute atomic E-state index is 3.49. The van der Waals surface area contributed by atoms with E-state index in [2.05, 4.69) is 17.3 Å². The van der Waals surface area contributed by atoms with Crippen LogP contribution in [-0.4, -0.2) is 37.1 Å². The van der Waals surface area contributed by atoms with Gasteiger partial charge in [-0.05, 0) is 45.8 Å². The van der Waals surface area contributed by atoms with Gasteiger partial charge in [0.05, 0.1) is 0 Å². The Kier molecular flexibility index (Phi) is 3.23. The summed E-state index contributed by atoms with van der Waals surface area (Å²) in [6.07, 6.45) is 8.53. The van der Waals surface area contributed by atoms with Gasteiger partial charge in [0.2, 0.25) is 0 Å². The molecule has 1 heterocycles. The largest absolute Gasteiger partial charge is 0.315 e. The van der Waals surface area contributed by atoms with Gasteiger partial charge < -0.3 is 5.32 Å². The summed E-state index contributed by atoms with van der Waals surface area (Å²) in [5, 5.41) is 3.49. The molecule has 2 atom stereocenters. The molecule has 76 valence electrons. The van der Waals surface area contributed by atoms with Gasteiger partial charge in [-0.15, -0.1) is 0 Å². The van der Waals surface area contributed by atoms with Crippen molar-refractivity contribution in [1.82, 2.24) is 10.2 Å². The van der Waals surface area contributed by atoms with Gasteiger partial charge in [0.25, 0.3) is 0 Å². The van der Waals surface area contributed by atoms with Crippen molar-refractivity contribution in [3.05, 3.63) is 0 Å². The smallest absolute Gasteiger partial charge is 0.0249 e. The molecule has 1 saturated carbocycles. The Bertz CT molecular complexity index is 150. The van der Waals surface area contributed by atoms with Gasteiger partial charge in [0, 0.05) is 12.1 Å². The van der Waals surface area contributed by atoms with E-state index < -0.39 is 0 Å². The molecule has 0 spiro atoms. The Morgan fingerprint density at radius 3 is 2.38 bits per heavy atom. The zero-order valence-electron chi connectivity index (χ0n) is 8.76. The van der Waals surface area contributed by atoms with E-state index in [0.717, 1.165) is 12.1 Å². The highest BCUT2D eigenvalue weighted by atomic mass is 15.2. The van der Waals surface area contributed by atoms with Crippen LogP contribution < -0.4 is 5.32 Å². The zero-order chi connectivity index (χ0) is 9.10. The van der Waals surface area contributed by atoms with Crippen LogP contribution in [0.1, 0.15) is 38.5 Å². The fourth-order valence-electron chi connectivity index (χ4n) is 2.96. The lowest BCUT2D eigenvalue weighted by Crippen LogP contribution is -2.49. The second-order valence-corrected chi connectivity index (χ2v) is 4.49. The molecule has 2 rings (SSSR count). The summed E-state index contributed by atoms with van der Waals surface area (Å²) in [6, 6.07) is 1.62. The van der Waals surface area contributed by atoms with E-state index >= 15 is 0 Å². The molecule has 1 saturated heterocycles. The monoisotopic (exact) mass is 182 g/mol. The van der Waals surface area contributed by atoms with Crippen LogP contribution in [-0.2, 0) is 0 Å². The van der Waals surface area contributed by atoms with Crippen LogP contribution >= 0.6 is 0 Å². The van der Waals surface area contributed by atoms with Gasteiger partial charge in [-0.1, -0.05) is 12.8 Å². The highest BCUT2D eigenvalue weighted by molar-refractivity contribution is 4.88. The molecule has 0 aromatic heterocycles. The van der Waals surface area contributed by atoms with Crippen LogP contribution in [0.5, 0.6) is 0 Å². The van der Waals surface area contributed by atoms with Crippen molar-refractivity contribution in [3.63, 3.8) is 0 Å². The molecule has 1 N–H and O–H groups in total. The predicted octanol–water partition coefficient (Wildman–Crippen LogP) is 1.61. The molecule has 0 radical (unpaired) electrons. The summed E-state index contributed by atoms with van der Waals surface area (Å²) >= 11 is 0. The van der Waals surface area contributed by atoms with Crippen molar-refractivity contribution in [2.24, 2.45) is 0 Å². The molecule has 1 aliphatic carbocycles. The summed E-state index contributed by atoms with van der Waals surface area (Å²) in [5.41, 5.74) is 0. The van der Waals surface area contributed by atoms with E-state index in [4.69, 9.17) is 0 Å². The quantitative estimate of drug-likeness (QED) is 0.698. The van der Waals surface area contributed by atoms with Crippen LogP contribution in [0.15, 0.2) is 0 Å². The van der Waals surface area contributed by atoms with Gasteiger partial charge in [-0.25, -0.2) is 0 Å². The number of nitrogens with one attached hydrogen (secondary N) is 1. The summed E-state index contributed by atoms with van der Waals surface area (Å²) in [4.78, 5) is 2.71. The van der Waals surface area contributed by atoms with Gasteiger partial charge in [0.1, 0.15) is 0 Å². The third-order valence-electron chi connectivity index (χ3n) is 3.71. The Labute approximate surface area is 81.7 Å². The number of hydrogen-bond acceptors (Lipinski definition) is 2. The van der Waals surface area contributed by atoms with Gasteiger partial charge in [-0.2, -0.15) is 0 Å². The van der Waals surface area contributed by atoms with E-state index in [0.29, 0.717) is 0 Å². The van der Waals surface area contributed by atoms with Crippen molar-refractivity contribution in [1.29, 1.82) is 0 Å². The number of nitrogens with zero attached hydrogens (tertiary/aromatic N) is 1. The molecular formula is C11H22N2. The van der Waals surface area contributed by atoms with Gasteiger partial charge >= 0.3 is 0 Å². The molecule has 0 unspecified atom stereocenters. The topological polar surface area (TPSA) is 15.3 Å². The van der Waals surface area contributed by atoms with E-state index in [1.54, 1.807) is 0 Å². The normalized spacial score (nSPS) is 36.7. The Morgan fingerprint density at radius 1 is 1.00 bits per heavy atom. The van der Waals surface area contributed by atoms with Crippen molar-refractivity contribution >= 4 is 0 Å². The first-order chi connectivity index (χ1) is 6.42. The Hall–Kier alpha value is -0.0800. The van der Waals surface area contributed by atoms with E-state index in [-0.39, 0.29) is 0 Å². The van der Waals surface area contributed by atoms with Crippen LogP contribution in [0.25, 0.3) is 0 Å². The number of hydrogen-bond donors (Lipinski definition) is 1. The first-order valence-electron chi connectivity index (χ1n) is 5.83. The van der Waals surface area contributed by atoms with Crippen molar-refractivity contribution < 1.29 is 0 Å². The molecule has 13 heavy (non-hydrogen) atoms. The Balaban J connectivity index is 1.93. The zero-order valence-corrected chi connectivity index (χ0v) is 8.76. The summed E-state index contributed by atoms with van der Waals surface area (Å²) < 4.78 is 0. The standard InChI is InChI=1S/C11H22N2/c1-12-10-6-2-3-7-11(10)13-8-4-5-9-13/h10-12H,2-9H2,1H3/t10-,11-/m0/s1. The minimum atomic E-state index is 0.770. The number of likely N-dealkylation sites (N-methyl/N-ethyl adjacent to an activating group) is 1. The van der Waals surface area contributed by atoms with Crippen LogP contribution in [0, 0.1) is 0 Å². The lowest BCUT2D eigenvalue weighted by Gasteiger charge is -2.37. The molecule has 2 aliphatic rings. The third kappa shape index (κ3) is 2.05. The fourth-order valence-corrected chi connectivity index (χ4v) is 2.96. The molecule has 1 aliphatic heterocycles. The third-order valence-corrected chi connectivity index (χ3v) is 3.71. The highest BCUT2D eigenvalue weighted by Crippen LogP contribution is 2.25. The van der Waals surface area contributed by atoms with Crippen LogP contribution in [0.4, 0.5) is 0 Å². The molecule has 2 heteroatoms. The van der Waals surface area contributed by atoms with Crippen molar-refractivity contribution in [2.45, 2.75) is 50.6 Å². The SMILES string of the molecule is CN[C@H]1CCCC[C@@H]1N1CCCC1. The second kappa shape index (κ2) is 4.43. The molecule has 0 aromatic rings. The maximum Gasteiger partial charge on any atom is 0.0249 e. The highest BCUT2D eigenvalue weighted by Gasteiger charge is 2.30. The van der Waals surface area contributed by atoms with Crippen molar-refractivity contribution in [2.75, 3.05) is 20.1 Å². The van der Waals surface area contributed by atoms with Gasteiger partial charge in [0.15, 0.2) is 0 Å². The minimum Gasteiger partial charge on any atom is -0.315 e. The molecule has 0 bridgehead atoms.